The first-order chi connectivity index (χ1) is 11.6. The standard InChI is InChI=1S/C16H13IN4O2S/c1-10-7-12(17)4-5-13(10)19-14(22)9-24-16-21-20-15(23-16)11-3-2-6-18-8-11/h2-8H,9H2,1H3,(H,19,22). The molecule has 1 aromatic carbocycles. The van der Waals surface area contributed by atoms with Gasteiger partial charge in [-0.15, -0.1) is 10.2 Å². The van der Waals surface area contributed by atoms with Gasteiger partial charge in [0.05, 0.1) is 11.3 Å². The molecule has 0 bridgehead atoms. The van der Waals surface area contributed by atoms with E-state index >= 15 is 0 Å². The summed E-state index contributed by atoms with van der Waals surface area (Å²) in [4.78, 5) is 16.1. The molecule has 0 aliphatic rings. The van der Waals surface area contributed by atoms with Crippen molar-refractivity contribution in [3.63, 3.8) is 0 Å². The number of aryl methyl sites for hydroxylation is 1. The fourth-order valence-corrected chi connectivity index (χ4v) is 3.16. The van der Waals surface area contributed by atoms with Gasteiger partial charge in [-0.05, 0) is 65.4 Å². The highest BCUT2D eigenvalue weighted by molar-refractivity contribution is 14.1. The molecule has 1 N–H and O–H groups in total. The van der Waals surface area contributed by atoms with Crippen LogP contribution in [-0.2, 0) is 4.79 Å². The maximum atomic E-state index is 12.1. The van der Waals surface area contributed by atoms with Crippen LogP contribution in [0.15, 0.2) is 52.4 Å². The largest absolute Gasteiger partial charge is 0.411 e. The van der Waals surface area contributed by atoms with Gasteiger partial charge in [0.25, 0.3) is 5.22 Å². The maximum absolute atomic E-state index is 12.1. The van der Waals surface area contributed by atoms with Crippen molar-refractivity contribution < 1.29 is 9.21 Å². The summed E-state index contributed by atoms with van der Waals surface area (Å²) in [5, 5.41) is 11.1. The summed E-state index contributed by atoms with van der Waals surface area (Å²) in [5.74, 6) is 0.463. The highest BCUT2D eigenvalue weighted by atomic mass is 127. The molecule has 122 valence electrons. The average molecular weight is 452 g/mol. The Morgan fingerprint density at radius 3 is 2.96 bits per heavy atom. The number of benzene rings is 1. The van der Waals surface area contributed by atoms with Crippen LogP contribution in [0.25, 0.3) is 11.5 Å². The van der Waals surface area contributed by atoms with E-state index in [9.17, 15) is 4.79 Å². The minimum atomic E-state index is -0.120. The van der Waals surface area contributed by atoms with Crippen LogP contribution in [0.5, 0.6) is 0 Å². The molecule has 0 aliphatic heterocycles. The first-order valence-corrected chi connectivity index (χ1v) is 9.11. The maximum Gasteiger partial charge on any atom is 0.277 e. The summed E-state index contributed by atoms with van der Waals surface area (Å²) >= 11 is 3.44. The Kier molecular flexibility index (Phi) is 5.46. The van der Waals surface area contributed by atoms with Crippen LogP contribution in [0.4, 0.5) is 5.69 Å². The van der Waals surface area contributed by atoms with Crippen LogP contribution in [0.3, 0.4) is 0 Å². The summed E-state index contributed by atoms with van der Waals surface area (Å²) in [7, 11) is 0. The number of amides is 1. The van der Waals surface area contributed by atoms with E-state index in [0.717, 1.165) is 20.4 Å². The molecule has 0 atom stereocenters. The first kappa shape index (κ1) is 16.9. The zero-order chi connectivity index (χ0) is 16.9. The lowest BCUT2D eigenvalue weighted by Gasteiger charge is -2.07. The van der Waals surface area contributed by atoms with E-state index in [1.165, 1.54) is 11.8 Å². The molecule has 6 nitrogen and oxygen atoms in total. The summed E-state index contributed by atoms with van der Waals surface area (Å²) in [5.41, 5.74) is 2.58. The number of halogens is 1. The van der Waals surface area contributed by atoms with Crippen molar-refractivity contribution >= 4 is 45.9 Å². The van der Waals surface area contributed by atoms with Gasteiger partial charge in [-0.2, -0.15) is 0 Å². The van der Waals surface area contributed by atoms with Gasteiger partial charge in [-0.25, -0.2) is 0 Å². The molecule has 24 heavy (non-hydrogen) atoms. The Morgan fingerprint density at radius 2 is 2.21 bits per heavy atom. The van der Waals surface area contributed by atoms with Crippen molar-refractivity contribution in [3.05, 3.63) is 51.9 Å². The molecule has 3 rings (SSSR count). The lowest BCUT2D eigenvalue weighted by atomic mass is 10.2. The van der Waals surface area contributed by atoms with Crippen molar-refractivity contribution in [2.75, 3.05) is 11.1 Å². The minimum Gasteiger partial charge on any atom is -0.411 e. The van der Waals surface area contributed by atoms with Gasteiger partial charge in [-0.3, -0.25) is 9.78 Å². The van der Waals surface area contributed by atoms with Gasteiger partial charge in [0, 0.05) is 21.7 Å². The molecule has 1 amide bonds. The average Bonchev–Trinajstić information content (AvgIpc) is 3.05. The Balaban J connectivity index is 1.58. The monoisotopic (exact) mass is 452 g/mol. The van der Waals surface area contributed by atoms with Gasteiger partial charge in [0.2, 0.25) is 11.8 Å². The lowest BCUT2D eigenvalue weighted by molar-refractivity contribution is -0.113. The molecule has 2 heterocycles. The van der Waals surface area contributed by atoms with E-state index in [4.69, 9.17) is 4.42 Å². The number of nitrogens with zero attached hydrogens (tertiary/aromatic N) is 3. The summed E-state index contributed by atoms with van der Waals surface area (Å²) < 4.78 is 6.66. The number of pyridine rings is 1. The lowest BCUT2D eigenvalue weighted by Crippen LogP contribution is -2.14. The summed E-state index contributed by atoms with van der Waals surface area (Å²) in [6, 6.07) is 9.49. The quantitative estimate of drug-likeness (QED) is 0.469. The third-order valence-electron chi connectivity index (χ3n) is 3.10. The van der Waals surface area contributed by atoms with E-state index in [1.807, 2.05) is 31.2 Å². The van der Waals surface area contributed by atoms with Crippen molar-refractivity contribution in [2.45, 2.75) is 12.1 Å². The van der Waals surface area contributed by atoms with Crippen molar-refractivity contribution in [3.8, 4) is 11.5 Å². The molecule has 0 saturated heterocycles. The van der Waals surface area contributed by atoms with Gasteiger partial charge < -0.3 is 9.73 Å². The fourth-order valence-electron chi connectivity index (χ4n) is 1.95. The molecule has 0 unspecified atom stereocenters. The van der Waals surface area contributed by atoms with Crippen LogP contribution >= 0.6 is 34.4 Å². The second-order valence-corrected chi connectivity index (χ2v) is 7.08. The van der Waals surface area contributed by atoms with E-state index < -0.39 is 0 Å². The Hall–Kier alpha value is -1.94. The molecule has 0 radical (unpaired) electrons. The third kappa shape index (κ3) is 4.32. The molecule has 8 heteroatoms. The normalized spacial score (nSPS) is 10.6. The van der Waals surface area contributed by atoms with E-state index in [0.29, 0.717) is 11.1 Å². The second-order valence-electron chi connectivity index (χ2n) is 4.91. The van der Waals surface area contributed by atoms with Gasteiger partial charge >= 0.3 is 0 Å². The van der Waals surface area contributed by atoms with Crippen molar-refractivity contribution in [1.82, 2.24) is 15.2 Å². The number of nitrogens with one attached hydrogen (secondary N) is 1. The Labute approximate surface area is 156 Å². The molecule has 0 fully saturated rings. The Bertz CT molecular complexity index is 854. The number of carbonyl (C=O) groups excluding carboxylic acids is 1. The van der Waals surface area contributed by atoms with Crippen LogP contribution in [0.2, 0.25) is 0 Å². The van der Waals surface area contributed by atoms with Crippen LogP contribution in [0, 0.1) is 10.5 Å². The molecular weight excluding hydrogens is 439 g/mol. The predicted molar refractivity (Wildman–Crippen MR) is 101 cm³/mol. The van der Waals surface area contributed by atoms with E-state index in [-0.39, 0.29) is 11.7 Å². The number of anilines is 1. The number of rotatable bonds is 5. The van der Waals surface area contributed by atoms with Crippen LogP contribution in [-0.4, -0.2) is 26.8 Å². The predicted octanol–water partition coefficient (Wildman–Crippen LogP) is 3.78. The fraction of sp³-hybridized carbons (Fsp3) is 0.125. The molecule has 3 aromatic rings. The Morgan fingerprint density at radius 1 is 1.33 bits per heavy atom. The highest BCUT2D eigenvalue weighted by Gasteiger charge is 2.12. The second kappa shape index (κ2) is 7.75. The number of carbonyl (C=O) groups is 1. The molecule has 0 aliphatic carbocycles. The molecule has 0 spiro atoms. The first-order valence-electron chi connectivity index (χ1n) is 7.04. The van der Waals surface area contributed by atoms with Crippen LogP contribution < -0.4 is 5.32 Å². The van der Waals surface area contributed by atoms with Gasteiger partial charge in [0.1, 0.15) is 0 Å². The third-order valence-corrected chi connectivity index (χ3v) is 4.59. The van der Waals surface area contributed by atoms with E-state index in [2.05, 4.69) is 43.1 Å². The molecule has 2 aromatic heterocycles. The van der Waals surface area contributed by atoms with Crippen LogP contribution in [0.1, 0.15) is 5.56 Å². The number of aromatic nitrogens is 3. The minimum absolute atomic E-state index is 0.120. The summed E-state index contributed by atoms with van der Waals surface area (Å²) in [6.45, 7) is 1.96. The smallest absolute Gasteiger partial charge is 0.277 e. The molecule has 0 saturated carbocycles. The topological polar surface area (TPSA) is 80.9 Å². The summed E-state index contributed by atoms with van der Waals surface area (Å²) in [6.07, 6.45) is 3.32. The molecular formula is C16H13IN4O2S. The number of hydrogen-bond donors (Lipinski definition) is 1. The van der Waals surface area contributed by atoms with Crippen molar-refractivity contribution in [2.24, 2.45) is 0 Å². The number of hydrogen-bond acceptors (Lipinski definition) is 6. The van der Waals surface area contributed by atoms with Gasteiger partial charge in [-0.1, -0.05) is 11.8 Å². The SMILES string of the molecule is Cc1cc(I)ccc1NC(=O)CSc1nnc(-c2cccnc2)o1. The van der Waals surface area contributed by atoms with Gasteiger partial charge in [0.15, 0.2) is 0 Å². The van der Waals surface area contributed by atoms with E-state index in [1.54, 1.807) is 18.5 Å². The van der Waals surface area contributed by atoms with Crippen molar-refractivity contribution in [1.29, 1.82) is 0 Å². The number of thioether (sulfide) groups is 1. The highest BCUT2D eigenvalue weighted by Crippen LogP contribution is 2.23. The zero-order valence-electron chi connectivity index (χ0n) is 12.7. The zero-order valence-corrected chi connectivity index (χ0v) is 15.7.